The summed E-state index contributed by atoms with van der Waals surface area (Å²) in [7, 11) is 0. The molecule has 2 aliphatic heterocycles. The summed E-state index contributed by atoms with van der Waals surface area (Å²) >= 11 is 3.81. The van der Waals surface area contributed by atoms with Crippen LogP contribution in [-0.4, -0.2) is 0 Å². The molecule has 0 N–H and O–H groups in total. The number of benzene rings is 7. The molecule has 0 unspecified atom stereocenters. The number of fused-ring (bicyclic) bond motifs is 12. The third kappa shape index (κ3) is 4.17. The molecule has 0 saturated heterocycles. The monoisotopic (exact) mass is 706 g/mol. The van der Waals surface area contributed by atoms with Crippen LogP contribution < -0.4 is 9.47 Å². The van der Waals surface area contributed by atoms with E-state index in [-0.39, 0.29) is 10.8 Å². The summed E-state index contributed by atoms with van der Waals surface area (Å²) in [6, 6.07) is 48.6. The number of hydrogen-bond donors (Lipinski definition) is 0. The van der Waals surface area contributed by atoms with Crippen molar-refractivity contribution in [3.05, 3.63) is 156 Å². The second-order valence-corrected chi connectivity index (χ2v) is 17.4. The number of rotatable bonds is 2. The Morgan fingerprint density at radius 1 is 0.404 bits per heavy atom. The van der Waals surface area contributed by atoms with E-state index in [1.54, 1.807) is 0 Å². The molecule has 2 nitrogen and oxygen atoms in total. The molecule has 0 fully saturated rings. The molecule has 52 heavy (non-hydrogen) atoms. The third-order valence-corrected chi connectivity index (χ3v) is 14.2. The number of hydrogen-bond acceptors (Lipinski definition) is 4. The smallest absolute Gasteiger partial charge is 0.178 e. The van der Waals surface area contributed by atoms with Crippen LogP contribution in [0.5, 0.6) is 23.0 Å². The Labute approximate surface area is 312 Å². The van der Waals surface area contributed by atoms with Gasteiger partial charge in [0.05, 0.1) is 0 Å². The van der Waals surface area contributed by atoms with Crippen molar-refractivity contribution in [3.8, 4) is 67.5 Å². The van der Waals surface area contributed by atoms with Crippen molar-refractivity contribution in [3.63, 3.8) is 0 Å². The average Bonchev–Trinajstić information content (AvgIpc) is 3.55. The fourth-order valence-corrected chi connectivity index (χ4v) is 11.3. The molecule has 250 valence electrons. The van der Waals surface area contributed by atoms with Crippen LogP contribution in [0.15, 0.2) is 153 Å². The largest absolute Gasteiger partial charge is 0.449 e. The average molecular weight is 707 g/mol. The van der Waals surface area contributed by atoms with Crippen LogP contribution in [0.1, 0.15) is 49.9 Å². The molecule has 0 spiro atoms. The van der Waals surface area contributed by atoms with Crippen molar-refractivity contribution in [1.29, 1.82) is 0 Å². The summed E-state index contributed by atoms with van der Waals surface area (Å²) in [6.07, 6.45) is 0. The molecule has 0 bridgehead atoms. The van der Waals surface area contributed by atoms with Gasteiger partial charge in [0.1, 0.15) is 0 Å². The molecule has 7 aromatic rings. The van der Waals surface area contributed by atoms with Gasteiger partial charge in [-0.25, -0.2) is 0 Å². The van der Waals surface area contributed by atoms with Gasteiger partial charge in [0.15, 0.2) is 23.0 Å². The lowest BCUT2D eigenvalue weighted by Gasteiger charge is -2.26. The summed E-state index contributed by atoms with van der Waals surface area (Å²) in [4.78, 5) is 5.41. The highest BCUT2D eigenvalue weighted by Crippen LogP contribution is 2.61. The first kappa shape index (κ1) is 30.5. The molecule has 2 aliphatic carbocycles. The Hall–Kier alpha value is -5.16. The molecule has 4 heteroatoms. The SMILES string of the molecule is CC1(C)c2ccccc2-c2c1ccc1c2Oc2c(cccc2-c2cccc(-c3ccc4c(c3)C(C)(C)c3ccc5c(c3-4)Sc3ccccc3S5)c2)O1. The second-order valence-electron chi connectivity index (χ2n) is 15.3. The van der Waals surface area contributed by atoms with Crippen molar-refractivity contribution >= 4 is 23.5 Å². The summed E-state index contributed by atoms with van der Waals surface area (Å²) in [5.41, 5.74) is 14.8. The highest BCUT2D eigenvalue weighted by Gasteiger charge is 2.41. The van der Waals surface area contributed by atoms with Gasteiger partial charge in [0.2, 0.25) is 0 Å². The van der Waals surface area contributed by atoms with E-state index in [1.165, 1.54) is 69.7 Å². The standard InChI is InChI=1S/C48H34O2S2/c1-47(2)33-15-6-5-13-31(33)42-34(47)21-23-38-45(42)50-44-30(14-10-16-37(44)49-38)29-12-9-11-27(25-29)28-19-20-32-36(26-28)48(3,4)35-22-24-41-46(43(32)35)52-40-18-8-7-17-39(40)51-41/h5-26H,1-4H3. The fourth-order valence-electron chi connectivity index (χ4n) is 8.93. The van der Waals surface area contributed by atoms with Gasteiger partial charge < -0.3 is 9.47 Å². The summed E-state index contributed by atoms with van der Waals surface area (Å²) in [6.45, 7) is 9.34. The predicted octanol–water partition coefficient (Wildman–Crippen LogP) is 14.1. The lowest BCUT2D eigenvalue weighted by atomic mass is 9.81. The van der Waals surface area contributed by atoms with Crippen LogP contribution in [0.4, 0.5) is 0 Å². The fraction of sp³-hybridized carbons (Fsp3) is 0.125. The summed E-state index contributed by atoms with van der Waals surface area (Å²) < 4.78 is 13.6. The van der Waals surface area contributed by atoms with Gasteiger partial charge in [-0.05, 0) is 92.5 Å². The molecule has 0 radical (unpaired) electrons. The first-order valence-electron chi connectivity index (χ1n) is 17.9. The Balaban J connectivity index is 0.984. The van der Waals surface area contributed by atoms with Gasteiger partial charge in [0.25, 0.3) is 0 Å². The first-order valence-corrected chi connectivity index (χ1v) is 19.5. The lowest BCUT2D eigenvalue weighted by Crippen LogP contribution is -2.15. The highest BCUT2D eigenvalue weighted by molar-refractivity contribution is 8.05. The molecule has 0 aromatic heterocycles. The lowest BCUT2D eigenvalue weighted by molar-refractivity contribution is 0.361. The van der Waals surface area contributed by atoms with Gasteiger partial charge in [0, 0.05) is 47.1 Å². The van der Waals surface area contributed by atoms with Gasteiger partial charge in [-0.3, -0.25) is 0 Å². The molecular formula is C48H34O2S2. The van der Waals surface area contributed by atoms with Crippen LogP contribution in [0.2, 0.25) is 0 Å². The van der Waals surface area contributed by atoms with E-state index < -0.39 is 0 Å². The first-order chi connectivity index (χ1) is 25.3. The molecule has 0 atom stereocenters. The van der Waals surface area contributed by atoms with Crippen molar-refractivity contribution in [2.24, 2.45) is 0 Å². The van der Waals surface area contributed by atoms with Crippen LogP contribution in [0.25, 0.3) is 44.5 Å². The number of para-hydroxylation sites is 1. The zero-order chi connectivity index (χ0) is 34.9. The minimum Gasteiger partial charge on any atom is -0.449 e. The van der Waals surface area contributed by atoms with Crippen LogP contribution in [-0.2, 0) is 10.8 Å². The summed E-state index contributed by atoms with van der Waals surface area (Å²) in [5.74, 6) is 3.05. The zero-order valence-corrected chi connectivity index (χ0v) is 31.0. The van der Waals surface area contributed by atoms with Crippen molar-refractivity contribution < 1.29 is 9.47 Å². The van der Waals surface area contributed by atoms with E-state index in [0.29, 0.717) is 0 Å². The van der Waals surface area contributed by atoms with Gasteiger partial charge >= 0.3 is 0 Å². The maximum Gasteiger partial charge on any atom is 0.178 e. The predicted molar refractivity (Wildman–Crippen MR) is 214 cm³/mol. The van der Waals surface area contributed by atoms with E-state index >= 15 is 0 Å². The maximum atomic E-state index is 6.96. The van der Waals surface area contributed by atoms with Crippen molar-refractivity contribution in [2.45, 2.75) is 58.1 Å². The normalized spacial score (nSPS) is 15.8. The maximum absolute atomic E-state index is 6.96. The topological polar surface area (TPSA) is 18.5 Å². The molecular weight excluding hydrogens is 673 g/mol. The zero-order valence-electron chi connectivity index (χ0n) is 29.3. The quantitative estimate of drug-likeness (QED) is 0.178. The Morgan fingerprint density at radius 3 is 1.94 bits per heavy atom. The van der Waals surface area contributed by atoms with Crippen molar-refractivity contribution in [2.75, 3.05) is 0 Å². The van der Waals surface area contributed by atoms with E-state index in [2.05, 4.69) is 155 Å². The molecule has 7 aromatic carbocycles. The third-order valence-electron chi connectivity index (χ3n) is 11.6. The minimum absolute atomic E-state index is 0.111. The van der Waals surface area contributed by atoms with Gasteiger partial charge in [-0.2, -0.15) is 0 Å². The van der Waals surface area contributed by atoms with Crippen molar-refractivity contribution in [1.82, 2.24) is 0 Å². The van der Waals surface area contributed by atoms with Crippen LogP contribution in [0.3, 0.4) is 0 Å². The minimum atomic E-state index is -0.118. The van der Waals surface area contributed by atoms with E-state index in [4.69, 9.17) is 9.47 Å². The molecule has 2 heterocycles. The van der Waals surface area contributed by atoms with Crippen LogP contribution >= 0.6 is 23.5 Å². The molecule has 0 amide bonds. The van der Waals surface area contributed by atoms with E-state index in [9.17, 15) is 0 Å². The molecule has 0 saturated carbocycles. The highest BCUT2D eigenvalue weighted by atomic mass is 32.2. The summed E-state index contributed by atoms with van der Waals surface area (Å²) in [5, 5.41) is 0. The molecule has 4 aliphatic rings. The molecule has 11 rings (SSSR count). The van der Waals surface area contributed by atoms with Gasteiger partial charge in [-0.15, -0.1) is 0 Å². The van der Waals surface area contributed by atoms with E-state index in [1.807, 2.05) is 29.6 Å². The Bertz CT molecular complexity index is 2700. The Kier molecular flexibility index (Phi) is 6.26. The Morgan fingerprint density at radius 2 is 1.06 bits per heavy atom. The van der Waals surface area contributed by atoms with Gasteiger partial charge in [-0.1, -0.05) is 142 Å². The van der Waals surface area contributed by atoms with E-state index in [0.717, 1.165) is 39.7 Å². The number of ether oxygens (including phenoxy) is 2. The second kappa shape index (κ2) is 10.7. The van der Waals surface area contributed by atoms with Crippen LogP contribution in [0, 0.1) is 0 Å².